The second-order valence-corrected chi connectivity index (χ2v) is 5.03. The van der Waals surface area contributed by atoms with E-state index in [0.29, 0.717) is 0 Å². The van der Waals surface area contributed by atoms with Crippen LogP contribution in [-0.4, -0.2) is 12.0 Å². The minimum atomic E-state index is 0. The molecule has 3 aromatic rings. The molecule has 0 atom stereocenters. The Labute approximate surface area is 137 Å². The monoisotopic (exact) mass is 306 g/mol. The van der Waals surface area contributed by atoms with Crippen molar-refractivity contribution in [2.45, 2.75) is 6.92 Å². The number of hydrogen-bond donors (Lipinski definition) is 0. The van der Waals surface area contributed by atoms with Crippen LogP contribution in [0, 0.1) is 0 Å². The molecule has 0 fully saturated rings. The molecule has 118 valence electrons. The van der Waals surface area contributed by atoms with Crippen molar-refractivity contribution in [3.05, 3.63) is 91.0 Å². The summed E-state index contributed by atoms with van der Waals surface area (Å²) in [5.41, 5.74) is 3.48. The van der Waals surface area contributed by atoms with Crippen molar-refractivity contribution >= 4 is 17.1 Å². The van der Waals surface area contributed by atoms with Gasteiger partial charge in [-0.1, -0.05) is 54.6 Å². The summed E-state index contributed by atoms with van der Waals surface area (Å²) in [6.07, 6.45) is 0. The summed E-state index contributed by atoms with van der Waals surface area (Å²) in [5, 5.41) is 4.54. The lowest BCUT2D eigenvalue weighted by molar-refractivity contribution is 0.824. The quantitative estimate of drug-likeness (QED) is 0.653. The number of anilines is 3. The van der Waals surface area contributed by atoms with E-state index in [-0.39, 0.29) is 5.48 Å². The predicted octanol–water partition coefficient (Wildman–Crippen LogP) is 4.44. The Kier molecular flexibility index (Phi) is 5.78. The lowest BCUT2D eigenvalue weighted by atomic mass is 10.2. The number of rotatable bonds is 5. The molecule has 3 rings (SSSR count). The van der Waals surface area contributed by atoms with Crippen molar-refractivity contribution in [1.82, 2.24) is 0 Å². The van der Waals surface area contributed by atoms with Gasteiger partial charge in [-0.05, 0) is 43.3 Å². The normalized spacial score (nSPS) is 9.78. The fourth-order valence-corrected chi connectivity index (χ4v) is 2.61. The van der Waals surface area contributed by atoms with Gasteiger partial charge >= 0.3 is 0 Å². The minimum Gasteiger partial charge on any atom is -0.412 e. The maximum absolute atomic E-state index is 2.28. The van der Waals surface area contributed by atoms with Crippen LogP contribution >= 0.6 is 0 Å². The molecule has 0 aliphatic carbocycles. The second-order valence-electron chi connectivity index (χ2n) is 5.03. The first-order chi connectivity index (χ1) is 10.9. The first-order valence-electron chi connectivity index (χ1n) is 7.63. The highest BCUT2D eigenvalue weighted by molar-refractivity contribution is 5.69. The van der Waals surface area contributed by atoms with Gasteiger partial charge in [0.2, 0.25) is 0 Å². The fraction of sp³-hybridized carbons (Fsp3) is 0.100. The van der Waals surface area contributed by atoms with Gasteiger partial charge in [0.25, 0.3) is 0 Å². The Morgan fingerprint density at radius 3 is 1.26 bits per heavy atom. The number of nitrogens with zero attached hydrogens (tertiary/aromatic N) is 2. The first kappa shape index (κ1) is 16.6. The van der Waals surface area contributed by atoms with Crippen LogP contribution in [-0.2, 0) is 0 Å². The van der Waals surface area contributed by atoms with Crippen LogP contribution in [0.5, 0.6) is 0 Å². The number of hydrazine groups is 1. The van der Waals surface area contributed by atoms with Gasteiger partial charge in [-0.15, -0.1) is 0 Å². The highest BCUT2D eigenvalue weighted by Gasteiger charge is 2.17. The molecule has 23 heavy (non-hydrogen) atoms. The van der Waals surface area contributed by atoms with Gasteiger partial charge in [0.1, 0.15) is 0 Å². The van der Waals surface area contributed by atoms with E-state index in [2.05, 4.69) is 89.7 Å². The van der Waals surface area contributed by atoms with E-state index in [9.17, 15) is 0 Å². The summed E-state index contributed by atoms with van der Waals surface area (Å²) < 4.78 is 0. The minimum absolute atomic E-state index is 0. The van der Waals surface area contributed by atoms with Gasteiger partial charge in [-0.3, -0.25) is 10.0 Å². The maximum Gasteiger partial charge on any atom is 0.0632 e. The molecule has 3 heteroatoms. The van der Waals surface area contributed by atoms with Crippen molar-refractivity contribution in [3.8, 4) is 0 Å². The average Bonchev–Trinajstić information content (AvgIpc) is 2.62. The Morgan fingerprint density at radius 1 is 0.565 bits per heavy atom. The zero-order valence-corrected chi connectivity index (χ0v) is 13.3. The van der Waals surface area contributed by atoms with Gasteiger partial charge in [-0.2, -0.15) is 0 Å². The van der Waals surface area contributed by atoms with Gasteiger partial charge in [0.05, 0.1) is 17.1 Å². The van der Waals surface area contributed by atoms with Crippen molar-refractivity contribution in [1.29, 1.82) is 0 Å². The summed E-state index contributed by atoms with van der Waals surface area (Å²) in [4.78, 5) is 0. The van der Waals surface area contributed by atoms with Crippen LogP contribution in [0.3, 0.4) is 0 Å². The molecule has 0 amide bonds. The fourth-order valence-electron chi connectivity index (χ4n) is 2.61. The van der Waals surface area contributed by atoms with Crippen molar-refractivity contribution in [2.75, 3.05) is 16.6 Å². The summed E-state index contributed by atoms with van der Waals surface area (Å²) in [6, 6.07) is 31.4. The SMILES string of the molecule is CCN(c1ccccc1)N(c1ccccc1)c1ccccc1.O. The molecular formula is C20H22N2O. The van der Waals surface area contributed by atoms with E-state index in [1.54, 1.807) is 0 Å². The van der Waals surface area contributed by atoms with Crippen molar-refractivity contribution in [3.63, 3.8) is 0 Å². The Morgan fingerprint density at radius 2 is 0.913 bits per heavy atom. The first-order valence-corrected chi connectivity index (χ1v) is 7.63. The van der Waals surface area contributed by atoms with Crippen LogP contribution in [0.1, 0.15) is 6.92 Å². The summed E-state index contributed by atoms with van der Waals surface area (Å²) in [7, 11) is 0. The van der Waals surface area contributed by atoms with E-state index in [1.807, 2.05) is 18.2 Å². The third-order valence-corrected chi connectivity index (χ3v) is 3.60. The van der Waals surface area contributed by atoms with Crippen LogP contribution in [0.15, 0.2) is 91.0 Å². The smallest absolute Gasteiger partial charge is 0.0632 e. The lowest BCUT2D eigenvalue weighted by Crippen LogP contribution is -2.39. The van der Waals surface area contributed by atoms with E-state index < -0.39 is 0 Å². The van der Waals surface area contributed by atoms with E-state index in [1.165, 1.54) is 5.69 Å². The van der Waals surface area contributed by atoms with Gasteiger partial charge in [-0.25, -0.2) is 0 Å². The molecule has 0 spiro atoms. The molecule has 0 aromatic heterocycles. The zero-order valence-electron chi connectivity index (χ0n) is 13.3. The van der Waals surface area contributed by atoms with Crippen LogP contribution in [0.4, 0.5) is 17.1 Å². The highest BCUT2D eigenvalue weighted by Crippen LogP contribution is 2.30. The third kappa shape index (κ3) is 3.71. The average molecular weight is 306 g/mol. The Balaban J connectivity index is 0.00000192. The molecule has 0 unspecified atom stereocenters. The molecule has 0 heterocycles. The number of para-hydroxylation sites is 3. The molecule has 0 saturated heterocycles. The Bertz CT molecular complexity index is 647. The molecule has 3 aromatic carbocycles. The van der Waals surface area contributed by atoms with Crippen LogP contribution in [0.25, 0.3) is 0 Å². The van der Waals surface area contributed by atoms with E-state index >= 15 is 0 Å². The molecule has 3 nitrogen and oxygen atoms in total. The molecule has 0 bridgehead atoms. The van der Waals surface area contributed by atoms with Gasteiger partial charge in [0, 0.05) is 6.54 Å². The maximum atomic E-state index is 2.28. The predicted molar refractivity (Wildman–Crippen MR) is 98.1 cm³/mol. The summed E-state index contributed by atoms with van der Waals surface area (Å²) in [5.74, 6) is 0. The molecule has 2 N–H and O–H groups in total. The van der Waals surface area contributed by atoms with Crippen molar-refractivity contribution < 1.29 is 5.48 Å². The topological polar surface area (TPSA) is 38.0 Å². The molecule has 0 saturated carbocycles. The zero-order chi connectivity index (χ0) is 15.2. The molecular weight excluding hydrogens is 284 g/mol. The molecule has 0 aliphatic rings. The summed E-state index contributed by atoms with van der Waals surface area (Å²) in [6.45, 7) is 3.06. The van der Waals surface area contributed by atoms with E-state index in [0.717, 1.165) is 17.9 Å². The molecule has 0 aliphatic heterocycles. The lowest BCUT2D eigenvalue weighted by Gasteiger charge is -2.37. The van der Waals surface area contributed by atoms with Crippen LogP contribution < -0.4 is 10.0 Å². The van der Waals surface area contributed by atoms with E-state index in [4.69, 9.17) is 0 Å². The highest BCUT2D eigenvalue weighted by atomic mass is 16.0. The van der Waals surface area contributed by atoms with Gasteiger partial charge in [0.15, 0.2) is 0 Å². The number of benzene rings is 3. The van der Waals surface area contributed by atoms with Crippen molar-refractivity contribution in [2.24, 2.45) is 0 Å². The third-order valence-electron chi connectivity index (χ3n) is 3.60. The Hall–Kier alpha value is -2.78. The van der Waals surface area contributed by atoms with Gasteiger partial charge < -0.3 is 5.48 Å². The number of hydrogen-bond acceptors (Lipinski definition) is 2. The van der Waals surface area contributed by atoms with Crippen LogP contribution in [0.2, 0.25) is 0 Å². The second kappa shape index (κ2) is 8.01. The largest absolute Gasteiger partial charge is 0.412 e. The summed E-state index contributed by atoms with van der Waals surface area (Å²) >= 11 is 0. The standard InChI is InChI=1S/C20H20N2.H2O/c1-2-21(18-12-6-3-7-13-18)22(19-14-8-4-9-15-19)20-16-10-5-11-17-20;/h3-17H,2H2,1H3;1H2. The molecule has 0 radical (unpaired) electrons.